The molecule has 70 valence electrons. The molecule has 2 rings (SSSR count). The van der Waals surface area contributed by atoms with E-state index in [0.29, 0.717) is 0 Å². The predicted octanol–water partition coefficient (Wildman–Crippen LogP) is 2.51. The van der Waals surface area contributed by atoms with E-state index < -0.39 is 0 Å². The van der Waals surface area contributed by atoms with Gasteiger partial charge in [0.2, 0.25) is 0 Å². The van der Waals surface area contributed by atoms with Gasteiger partial charge in [-0.2, -0.15) is 0 Å². The Hall–Kier alpha value is -0.860. The van der Waals surface area contributed by atoms with Crippen molar-refractivity contribution in [1.82, 2.24) is 0 Å². The zero-order valence-electron chi connectivity index (χ0n) is 7.94. The van der Waals surface area contributed by atoms with Crippen molar-refractivity contribution in [1.29, 1.82) is 0 Å². The fraction of sp³-hybridized carbons (Fsp3) is 0.455. The SMILES string of the molecule is C[C@H]1OC(c2ccccc2)O[C@@H]1C. The zero-order valence-corrected chi connectivity index (χ0v) is 7.94. The van der Waals surface area contributed by atoms with Gasteiger partial charge in [-0.15, -0.1) is 0 Å². The van der Waals surface area contributed by atoms with Crippen molar-refractivity contribution >= 4 is 0 Å². The molecule has 1 aliphatic rings. The van der Waals surface area contributed by atoms with Gasteiger partial charge in [0.25, 0.3) is 0 Å². The van der Waals surface area contributed by atoms with E-state index in [1.807, 2.05) is 44.2 Å². The minimum atomic E-state index is -0.175. The van der Waals surface area contributed by atoms with Crippen LogP contribution in [0.2, 0.25) is 0 Å². The molecule has 0 aromatic heterocycles. The maximum atomic E-state index is 5.64. The van der Waals surface area contributed by atoms with Crippen LogP contribution in [-0.4, -0.2) is 12.2 Å². The lowest BCUT2D eigenvalue weighted by atomic mass is 10.2. The third kappa shape index (κ3) is 1.74. The van der Waals surface area contributed by atoms with Crippen molar-refractivity contribution in [2.45, 2.75) is 32.3 Å². The zero-order chi connectivity index (χ0) is 9.26. The fourth-order valence-corrected chi connectivity index (χ4v) is 1.41. The topological polar surface area (TPSA) is 18.5 Å². The van der Waals surface area contributed by atoms with Gasteiger partial charge in [-0.05, 0) is 13.8 Å². The van der Waals surface area contributed by atoms with Gasteiger partial charge in [-0.25, -0.2) is 0 Å². The van der Waals surface area contributed by atoms with Crippen molar-refractivity contribution in [2.24, 2.45) is 0 Å². The summed E-state index contributed by atoms with van der Waals surface area (Å²) in [6.45, 7) is 4.07. The van der Waals surface area contributed by atoms with Gasteiger partial charge in [0.05, 0.1) is 12.2 Å². The Bertz CT molecular complexity index is 261. The number of hydrogen-bond acceptors (Lipinski definition) is 2. The first kappa shape index (κ1) is 8.73. The molecule has 1 aromatic carbocycles. The van der Waals surface area contributed by atoms with Gasteiger partial charge in [-0.1, -0.05) is 30.3 Å². The molecule has 2 atom stereocenters. The summed E-state index contributed by atoms with van der Waals surface area (Å²) in [5.41, 5.74) is 1.10. The lowest BCUT2D eigenvalue weighted by Crippen LogP contribution is -2.13. The van der Waals surface area contributed by atoms with Crippen LogP contribution >= 0.6 is 0 Å². The molecule has 0 radical (unpaired) electrons. The van der Waals surface area contributed by atoms with Crippen LogP contribution < -0.4 is 0 Å². The van der Waals surface area contributed by atoms with E-state index in [2.05, 4.69) is 0 Å². The third-order valence-corrected chi connectivity index (χ3v) is 2.41. The molecular formula is C11H14O2. The van der Waals surface area contributed by atoms with E-state index in [1.54, 1.807) is 0 Å². The van der Waals surface area contributed by atoms with Crippen LogP contribution in [0, 0.1) is 0 Å². The molecule has 1 aromatic rings. The molecule has 1 saturated heterocycles. The molecule has 0 amide bonds. The highest BCUT2D eigenvalue weighted by Crippen LogP contribution is 2.30. The molecule has 0 bridgehead atoms. The first-order valence-electron chi connectivity index (χ1n) is 4.63. The van der Waals surface area contributed by atoms with Gasteiger partial charge in [-0.3, -0.25) is 0 Å². The van der Waals surface area contributed by atoms with E-state index in [9.17, 15) is 0 Å². The third-order valence-electron chi connectivity index (χ3n) is 2.41. The molecular weight excluding hydrogens is 164 g/mol. The summed E-state index contributed by atoms with van der Waals surface area (Å²) in [6.07, 6.45) is 0.196. The largest absolute Gasteiger partial charge is 0.343 e. The van der Waals surface area contributed by atoms with Crippen molar-refractivity contribution < 1.29 is 9.47 Å². The van der Waals surface area contributed by atoms with Crippen LogP contribution in [0.4, 0.5) is 0 Å². The Balaban J connectivity index is 2.12. The van der Waals surface area contributed by atoms with E-state index in [-0.39, 0.29) is 18.5 Å². The maximum absolute atomic E-state index is 5.64. The molecule has 2 heteroatoms. The summed E-state index contributed by atoms with van der Waals surface area (Å²) in [5, 5.41) is 0. The lowest BCUT2D eigenvalue weighted by molar-refractivity contribution is -0.0652. The van der Waals surface area contributed by atoms with Crippen molar-refractivity contribution in [3.8, 4) is 0 Å². The Kier molecular flexibility index (Phi) is 2.34. The number of ether oxygens (including phenoxy) is 2. The average molecular weight is 178 g/mol. The van der Waals surface area contributed by atoms with Crippen LogP contribution in [0.15, 0.2) is 30.3 Å². The first-order valence-corrected chi connectivity index (χ1v) is 4.63. The quantitative estimate of drug-likeness (QED) is 0.657. The normalized spacial score (nSPS) is 29.4. The second-order valence-corrected chi connectivity index (χ2v) is 3.43. The van der Waals surface area contributed by atoms with Crippen LogP contribution in [0.3, 0.4) is 0 Å². The van der Waals surface area contributed by atoms with Crippen LogP contribution in [0.25, 0.3) is 0 Å². The first-order chi connectivity index (χ1) is 6.27. The van der Waals surface area contributed by atoms with Crippen LogP contribution in [-0.2, 0) is 9.47 Å². The molecule has 0 N–H and O–H groups in total. The molecule has 1 aliphatic heterocycles. The smallest absolute Gasteiger partial charge is 0.184 e. The Morgan fingerprint density at radius 2 is 1.46 bits per heavy atom. The Labute approximate surface area is 78.5 Å². The summed E-state index contributed by atoms with van der Waals surface area (Å²) in [6, 6.07) is 10.0. The number of rotatable bonds is 1. The molecule has 1 heterocycles. The Morgan fingerprint density at radius 1 is 0.923 bits per heavy atom. The summed E-state index contributed by atoms with van der Waals surface area (Å²) in [4.78, 5) is 0. The minimum absolute atomic E-state index is 0.175. The van der Waals surface area contributed by atoms with Crippen LogP contribution in [0.1, 0.15) is 25.7 Å². The molecule has 0 unspecified atom stereocenters. The predicted molar refractivity (Wildman–Crippen MR) is 50.3 cm³/mol. The van der Waals surface area contributed by atoms with Gasteiger partial charge >= 0.3 is 0 Å². The maximum Gasteiger partial charge on any atom is 0.184 e. The van der Waals surface area contributed by atoms with Crippen LogP contribution in [0.5, 0.6) is 0 Å². The Morgan fingerprint density at radius 3 is 2.00 bits per heavy atom. The fourth-order valence-electron chi connectivity index (χ4n) is 1.41. The highest BCUT2D eigenvalue weighted by molar-refractivity contribution is 5.16. The second-order valence-electron chi connectivity index (χ2n) is 3.43. The van der Waals surface area contributed by atoms with Crippen molar-refractivity contribution in [3.05, 3.63) is 35.9 Å². The van der Waals surface area contributed by atoms with E-state index in [1.165, 1.54) is 0 Å². The number of benzene rings is 1. The van der Waals surface area contributed by atoms with Gasteiger partial charge < -0.3 is 9.47 Å². The van der Waals surface area contributed by atoms with Gasteiger partial charge in [0.15, 0.2) is 6.29 Å². The highest BCUT2D eigenvalue weighted by atomic mass is 16.7. The summed E-state index contributed by atoms with van der Waals surface area (Å²) in [5.74, 6) is 0. The number of hydrogen-bond donors (Lipinski definition) is 0. The summed E-state index contributed by atoms with van der Waals surface area (Å²) >= 11 is 0. The average Bonchev–Trinajstić information content (AvgIpc) is 2.49. The molecule has 0 spiro atoms. The summed E-state index contributed by atoms with van der Waals surface area (Å²) < 4.78 is 11.3. The minimum Gasteiger partial charge on any atom is -0.343 e. The van der Waals surface area contributed by atoms with Crippen molar-refractivity contribution in [3.63, 3.8) is 0 Å². The summed E-state index contributed by atoms with van der Waals surface area (Å²) in [7, 11) is 0. The van der Waals surface area contributed by atoms with Crippen molar-refractivity contribution in [2.75, 3.05) is 0 Å². The monoisotopic (exact) mass is 178 g/mol. The molecule has 1 fully saturated rings. The molecule has 13 heavy (non-hydrogen) atoms. The van der Waals surface area contributed by atoms with E-state index in [0.717, 1.165) is 5.56 Å². The second kappa shape index (κ2) is 3.48. The molecule has 2 nitrogen and oxygen atoms in total. The van der Waals surface area contributed by atoms with E-state index >= 15 is 0 Å². The van der Waals surface area contributed by atoms with E-state index in [4.69, 9.17) is 9.47 Å². The molecule has 0 saturated carbocycles. The van der Waals surface area contributed by atoms with Gasteiger partial charge in [0, 0.05) is 5.56 Å². The lowest BCUT2D eigenvalue weighted by Gasteiger charge is -2.09. The van der Waals surface area contributed by atoms with Gasteiger partial charge in [0.1, 0.15) is 0 Å². The molecule has 0 aliphatic carbocycles. The standard InChI is InChI=1S/C11H14O2/c1-8-9(2)13-11(12-8)10-6-4-3-5-7-10/h3-9,11H,1-2H3/t8-,9-/m1/s1. The highest BCUT2D eigenvalue weighted by Gasteiger charge is 2.30.